The molecule has 3 heterocycles. The summed E-state index contributed by atoms with van der Waals surface area (Å²) in [6.07, 6.45) is 6.06. The summed E-state index contributed by atoms with van der Waals surface area (Å²) in [5.74, 6) is 0.0466. The predicted octanol–water partition coefficient (Wildman–Crippen LogP) is 1.17. The molecular formula is C19H26N4O4. The number of nitrogens with one attached hydrogen (secondary N) is 1. The van der Waals surface area contributed by atoms with Crippen molar-refractivity contribution in [1.82, 2.24) is 20.1 Å². The van der Waals surface area contributed by atoms with Crippen LogP contribution in [0.1, 0.15) is 31.2 Å². The third kappa shape index (κ3) is 4.75. The topological polar surface area (TPSA) is 91.8 Å². The number of pyridine rings is 1. The van der Waals surface area contributed by atoms with Crippen molar-refractivity contribution in [2.24, 2.45) is 5.41 Å². The Labute approximate surface area is 158 Å². The summed E-state index contributed by atoms with van der Waals surface area (Å²) in [7, 11) is 1.27. The number of carbonyl (C=O) groups excluding carboxylic acids is 3. The number of alkyl carbamates (subject to hydrolysis) is 1. The number of piperidine rings is 2. The maximum Gasteiger partial charge on any atom is 0.407 e. The van der Waals surface area contributed by atoms with Crippen LogP contribution in [0, 0.1) is 5.41 Å². The lowest BCUT2D eigenvalue weighted by Gasteiger charge is -2.48. The summed E-state index contributed by atoms with van der Waals surface area (Å²) >= 11 is 0. The standard InChI is InChI=1S/C19H26N4O4/c1-27-18(26)21-11-17(25)22-10-2-6-19(13-22)7-3-16(24)23(14-19)12-15-4-8-20-9-5-15/h4-5,8-9H,2-3,6-7,10-14H2,1H3,(H,21,26)/t19-/m0/s1. The van der Waals surface area contributed by atoms with Crippen LogP contribution in [0.5, 0.6) is 0 Å². The number of likely N-dealkylation sites (tertiary alicyclic amines) is 2. The van der Waals surface area contributed by atoms with Crippen molar-refractivity contribution in [3.63, 3.8) is 0 Å². The highest BCUT2D eigenvalue weighted by atomic mass is 16.5. The minimum Gasteiger partial charge on any atom is -0.453 e. The lowest BCUT2D eigenvalue weighted by molar-refractivity contribution is -0.143. The zero-order chi connectivity index (χ0) is 19.3. The maximum absolute atomic E-state index is 12.4. The minimum atomic E-state index is -0.609. The Morgan fingerprint density at radius 1 is 1.26 bits per heavy atom. The summed E-state index contributed by atoms with van der Waals surface area (Å²) in [5.41, 5.74) is 0.988. The van der Waals surface area contributed by atoms with Gasteiger partial charge in [0.2, 0.25) is 11.8 Å². The molecule has 27 heavy (non-hydrogen) atoms. The fraction of sp³-hybridized carbons (Fsp3) is 0.579. The first-order chi connectivity index (χ1) is 13.0. The molecule has 1 spiro atoms. The highest BCUT2D eigenvalue weighted by molar-refractivity contribution is 5.82. The summed E-state index contributed by atoms with van der Waals surface area (Å²) in [6, 6.07) is 3.84. The summed E-state index contributed by atoms with van der Waals surface area (Å²) in [6.45, 7) is 2.46. The molecule has 0 saturated carbocycles. The molecule has 2 fully saturated rings. The van der Waals surface area contributed by atoms with E-state index in [0.29, 0.717) is 32.6 Å². The molecule has 1 atom stereocenters. The number of hydrogen-bond acceptors (Lipinski definition) is 5. The van der Waals surface area contributed by atoms with Gasteiger partial charge in [-0.15, -0.1) is 0 Å². The molecule has 2 saturated heterocycles. The number of carbonyl (C=O) groups is 3. The van der Waals surface area contributed by atoms with Gasteiger partial charge in [-0.3, -0.25) is 14.6 Å². The van der Waals surface area contributed by atoms with Gasteiger partial charge in [-0.1, -0.05) is 0 Å². The molecule has 0 aliphatic carbocycles. The number of rotatable bonds is 4. The quantitative estimate of drug-likeness (QED) is 0.854. The van der Waals surface area contributed by atoms with E-state index in [1.807, 2.05) is 17.0 Å². The monoisotopic (exact) mass is 374 g/mol. The number of aromatic nitrogens is 1. The van der Waals surface area contributed by atoms with Gasteiger partial charge in [0.05, 0.1) is 7.11 Å². The number of nitrogens with zero attached hydrogens (tertiary/aromatic N) is 3. The van der Waals surface area contributed by atoms with Gasteiger partial charge >= 0.3 is 6.09 Å². The van der Waals surface area contributed by atoms with Crippen molar-refractivity contribution in [3.05, 3.63) is 30.1 Å². The van der Waals surface area contributed by atoms with Gasteiger partial charge in [0, 0.05) is 50.4 Å². The van der Waals surface area contributed by atoms with Crippen LogP contribution in [0.2, 0.25) is 0 Å². The average Bonchev–Trinajstić information content (AvgIpc) is 2.69. The molecule has 3 amide bonds. The van der Waals surface area contributed by atoms with Gasteiger partial charge in [-0.25, -0.2) is 4.79 Å². The zero-order valence-electron chi connectivity index (χ0n) is 15.6. The van der Waals surface area contributed by atoms with E-state index in [1.54, 1.807) is 17.3 Å². The van der Waals surface area contributed by atoms with E-state index in [9.17, 15) is 14.4 Å². The summed E-state index contributed by atoms with van der Waals surface area (Å²) < 4.78 is 4.51. The molecule has 0 aromatic carbocycles. The van der Waals surface area contributed by atoms with Crippen LogP contribution in [0.25, 0.3) is 0 Å². The Kier molecular flexibility index (Phi) is 5.93. The Balaban J connectivity index is 1.63. The second-order valence-corrected chi connectivity index (χ2v) is 7.37. The van der Waals surface area contributed by atoms with Crippen molar-refractivity contribution in [3.8, 4) is 0 Å². The molecular weight excluding hydrogens is 348 g/mol. The van der Waals surface area contributed by atoms with E-state index in [2.05, 4.69) is 15.0 Å². The largest absolute Gasteiger partial charge is 0.453 e. The molecule has 8 heteroatoms. The summed E-state index contributed by atoms with van der Waals surface area (Å²) in [4.78, 5) is 43.8. The maximum atomic E-state index is 12.4. The number of ether oxygens (including phenoxy) is 1. The molecule has 3 rings (SSSR count). The van der Waals surface area contributed by atoms with Crippen molar-refractivity contribution in [2.75, 3.05) is 33.3 Å². The van der Waals surface area contributed by atoms with Gasteiger partial charge < -0.3 is 19.9 Å². The van der Waals surface area contributed by atoms with E-state index in [1.165, 1.54) is 7.11 Å². The Morgan fingerprint density at radius 2 is 2.04 bits per heavy atom. The van der Waals surface area contributed by atoms with Crippen LogP contribution >= 0.6 is 0 Å². The Hall–Kier alpha value is -2.64. The van der Waals surface area contributed by atoms with Crippen molar-refractivity contribution < 1.29 is 19.1 Å². The smallest absolute Gasteiger partial charge is 0.407 e. The molecule has 0 unspecified atom stereocenters. The molecule has 0 bridgehead atoms. The fourth-order valence-electron chi connectivity index (χ4n) is 4.04. The number of amides is 3. The Morgan fingerprint density at radius 3 is 2.78 bits per heavy atom. The predicted molar refractivity (Wildman–Crippen MR) is 97.5 cm³/mol. The van der Waals surface area contributed by atoms with Gasteiger partial charge in [0.25, 0.3) is 0 Å². The lowest BCUT2D eigenvalue weighted by Crippen LogP contribution is -2.55. The molecule has 0 radical (unpaired) electrons. The number of methoxy groups -OCH3 is 1. The highest BCUT2D eigenvalue weighted by Crippen LogP contribution is 2.39. The van der Waals surface area contributed by atoms with E-state index < -0.39 is 6.09 Å². The SMILES string of the molecule is COC(=O)NCC(=O)N1CCC[C@]2(CCC(=O)N(Cc3ccncc3)C2)C1. The van der Waals surface area contributed by atoms with Crippen molar-refractivity contribution in [1.29, 1.82) is 0 Å². The minimum absolute atomic E-state index is 0.0671. The van der Waals surface area contributed by atoms with Gasteiger partial charge in [-0.05, 0) is 37.0 Å². The molecule has 8 nitrogen and oxygen atoms in total. The second-order valence-electron chi connectivity index (χ2n) is 7.37. The summed E-state index contributed by atoms with van der Waals surface area (Å²) in [5, 5.41) is 2.45. The van der Waals surface area contributed by atoms with E-state index in [0.717, 1.165) is 24.8 Å². The zero-order valence-corrected chi connectivity index (χ0v) is 15.6. The molecule has 146 valence electrons. The van der Waals surface area contributed by atoms with E-state index >= 15 is 0 Å². The number of hydrogen-bond donors (Lipinski definition) is 1. The van der Waals surface area contributed by atoms with Gasteiger partial charge in [-0.2, -0.15) is 0 Å². The molecule has 2 aliphatic rings. The first-order valence-electron chi connectivity index (χ1n) is 9.28. The third-order valence-electron chi connectivity index (χ3n) is 5.45. The molecule has 1 aromatic heterocycles. The molecule has 2 aliphatic heterocycles. The van der Waals surface area contributed by atoms with Crippen LogP contribution < -0.4 is 5.32 Å². The van der Waals surface area contributed by atoms with Crippen LogP contribution in [-0.4, -0.2) is 66.0 Å². The first kappa shape index (κ1) is 19.1. The lowest BCUT2D eigenvalue weighted by atomic mass is 9.73. The van der Waals surface area contributed by atoms with Crippen LogP contribution in [0.4, 0.5) is 4.79 Å². The van der Waals surface area contributed by atoms with Crippen LogP contribution in [0.15, 0.2) is 24.5 Å². The third-order valence-corrected chi connectivity index (χ3v) is 5.45. The highest BCUT2D eigenvalue weighted by Gasteiger charge is 2.42. The molecule has 1 aromatic rings. The Bertz CT molecular complexity index is 696. The molecule has 1 N–H and O–H groups in total. The van der Waals surface area contributed by atoms with E-state index in [-0.39, 0.29) is 23.8 Å². The van der Waals surface area contributed by atoms with E-state index in [4.69, 9.17) is 0 Å². The van der Waals surface area contributed by atoms with Crippen LogP contribution in [0.3, 0.4) is 0 Å². The first-order valence-corrected chi connectivity index (χ1v) is 9.28. The second kappa shape index (κ2) is 8.37. The normalized spacial score (nSPS) is 22.6. The van der Waals surface area contributed by atoms with Gasteiger partial charge in [0.15, 0.2) is 0 Å². The van der Waals surface area contributed by atoms with Crippen molar-refractivity contribution >= 4 is 17.9 Å². The average molecular weight is 374 g/mol. The van der Waals surface area contributed by atoms with Crippen molar-refractivity contribution in [2.45, 2.75) is 32.2 Å². The van der Waals surface area contributed by atoms with Crippen LogP contribution in [-0.2, 0) is 20.9 Å². The fourth-order valence-corrected chi connectivity index (χ4v) is 4.04. The van der Waals surface area contributed by atoms with Gasteiger partial charge in [0.1, 0.15) is 6.54 Å².